The molecule has 0 saturated carbocycles. The summed E-state index contributed by atoms with van der Waals surface area (Å²) < 4.78 is 8.86. The number of carbonyl (C=O) groups is 6. The SMILES string of the molecule is CCOC(=O)CC1=C(Br)C(=O)C(C(C(C)=O)(C(C)=O)C(=O)OCC)=C(Br)C1=O. The molecule has 0 fully saturated rings. The summed E-state index contributed by atoms with van der Waals surface area (Å²) in [5, 5.41) is 0. The molecule has 0 saturated heterocycles. The molecule has 0 radical (unpaired) electrons. The Labute approximate surface area is 177 Å². The summed E-state index contributed by atoms with van der Waals surface area (Å²) in [4.78, 5) is 75.0. The molecule has 28 heavy (non-hydrogen) atoms. The van der Waals surface area contributed by atoms with Crippen molar-refractivity contribution in [3.8, 4) is 0 Å². The predicted octanol–water partition coefficient (Wildman–Crippen LogP) is 2.12. The van der Waals surface area contributed by atoms with Crippen LogP contribution < -0.4 is 0 Å². The Bertz CT molecular complexity index is 821. The molecule has 1 rings (SSSR count). The average Bonchev–Trinajstić information content (AvgIpc) is 2.60. The quantitative estimate of drug-likeness (QED) is 0.270. The Morgan fingerprint density at radius 1 is 0.857 bits per heavy atom. The number of hydrogen-bond acceptors (Lipinski definition) is 8. The van der Waals surface area contributed by atoms with Crippen LogP contribution in [0, 0.1) is 5.41 Å². The molecule has 0 heterocycles. The topological polar surface area (TPSA) is 121 Å². The third kappa shape index (κ3) is 4.07. The molecule has 0 bridgehead atoms. The fourth-order valence-electron chi connectivity index (χ4n) is 2.77. The minimum Gasteiger partial charge on any atom is -0.466 e. The van der Waals surface area contributed by atoms with Gasteiger partial charge in [-0.2, -0.15) is 0 Å². The van der Waals surface area contributed by atoms with Gasteiger partial charge in [0.2, 0.25) is 5.41 Å². The Hall–Kier alpha value is -1.94. The second-order valence-corrected chi connectivity index (χ2v) is 7.29. The van der Waals surface area contributed by atoms with E-state index in [0.29, 0.717) is 0 Å². The van der Waals surface area contributed by atoms with Crippen LogP contribution in [0.2, 0.25) is 0 Å². The van der Waals surface area contributed by atoms with E-state index in [9.17, 15) is 28.8 Å². The summed E-state index contributed by atoms with van der Waals surface area (Å²) in [5.74, 6) is -5.72. The summed E-state index contributed by atoms with van der Waals surface area (Å²) in [6.45, 7) is 4.88. The molecule has 152 valence electrons. The zero-order valence-electron chi connectivity index (χ0n) is 15.6. The van der Waals surface area contributed by atoms with Crippen molar-refractivity contribution in [2.24, 2.45) is 5.41 Å². The number of halogens is 2. The van der Waals surface area contributed by atoms with Gasteiger partial charge < -0.3 is 9.47 Å². The fourth-order valence-corrected chi connectivity index (χ4v) is 4.01. The molecular weight excluding hydrogens is 504 g/mol. The normalized spacial score (nSPS) is 14.9. The molecule has 0 atom stereocenters. The number of rotatable bonds is 8. The van der Waals surface area contributed by atoms with Crippen molar-refractivity contribution in [3.63, 3.8) is 0 Å². The van der Waals surface area contributed by atoms with E-state index in [-0.39, 0.29) is 23.3 Å². The molecule has 1 aliphatic rings. The minimum absolute atomic E-state index is 0.0781. The van der Waals surface area contributed by atoms with E-state index in [1.165, 1.54) is 6.92 Å². The zero-order valence-corrected chi connectivity index (χ0v) is 18.8. The average molecular weight is 522 g/mol. The first-order valence-corrected chi connectivity index (χ1v) is 9.80. The van der Waals surface area contributed by atoms with E-state index < -0.39 is 57.0 Å². The molecule has 10 heteroatoms. The Balaban J connectivity index is 3.69. The summed E-state index contributed by atoms with van der Waals surface area (Å²) in [5.41, 5.74) is -3.46. The first-order chi connectivity index (χ1) is 13.0. The monoisotopic (exact) mass is 520 g/mol. The van der Waals surface area contributed by atoms with Gasteiger partial charge in [-0.25, -0.2) is 0 Å². The lowest BCUT2D eigenvalue weighted by Crippen LogP contribution is -2.50. The van der Waals surface area contributed by atoms with Gasteiger partial charge in [-0.05, 0) is 59.6 Å². The lowest BCUT2D eigenvalue weighted by Gasteiger charge is -2.31. The van der Waals surface area contributed by atoms with Crippen LogP contribution in [0.3, 0.4) is 0 Å². The molecule has 1 aliphatic carbocycles. The first kappa shape index (κ1) is 24.1. The molecule has 0 unspecified atom stereocenters. The second-order valence-electron chi connectivity index (χ2n) is 5.70. The van der Waals surface area contributed by atoms with Crippen molar-refractivity contribution in [1.82, 2.24) is 0 Å². The summed E-state index contributed by atoms with van der Waals surface area (Å²) in [6, 6.07) is 0. The van der Waals surface area contributed by atoms with Crippen molar-refractivity contribution in [3.05, 3.63) is 20.1 Å². The summed E-state index contributed by atoms with van der Waals surface area (Å²) in [7, 11) is 0. The lowest BCUT2D eigenvalue weighted by atomic mass is 9.69. The molecule has 0 amide bonds. The van der Waals surface area contributed by atoms with E-state index in [1.807, 2.05) is 0 Å². The predicted molar refractivity (Wildman–Crippen MR) is 104 cm³/mol. The number of esters is 2. The zero-order chi connectivity index (χ0) is 21.8. The molecule has 0 aromatic rings. The molecule has 0 N–H and O–H groups in total. The third-order valence-corrected chi connectivity index (χ3v) is 5.62. The van der Waals surface area contributed by atoms with Crippen molar-refractivity contribution < 1.29 is 38.2 Å². The van der Waals surface area contributed by atoms with Gasteiger partial charge in [-0.3, -0.25) is 28.8 Å². The number of ether oxygens (including phenoxy) is 2. The van der Waals surface area contributed by atoms with E-state index in [2.05, 4.69) is 31.9 Å². The van der Waals surface area contributed by atoms with Crippen molar-refractivity contribution in [2.45, 2.75) is 34.1 Å². The minimum atomic E-state index is -2.60. The van der Waals surface area contributed by atoms with Crippen molar-refractivity contribution in [1.29, 1.82) is 0 Å². The van der Waals surface area contributed by atoms with Crippen LogP contribution in [-0.4, -0.2) is 48.3 Å². The molecule has 0 aromatic carbocycles. The maximum absolute atomic E-state index is 13.0. The van der Waals surface area contributed by atoms with Crippen molar-refractivity contribution in [2.75, 3.05) is 13.2 Å². The van der Waals surface area contributed by atoms with Gasteiger partial charge in [0.05, 0.1) is 34.2 Å². The Morgan fingerprint density at radius 2 is 1.36 bits per heavy atom. The number of allylic oxidation sites excluding steroid dienone is 2. The van der Waals surface area contributed by atoms with Crippen LogP contribution in [0.4, 0.5) is 0 Å². The third-order valence-electron chi connectivity index (χ3n) is 4.02. The van der Waals surface area contributed by atoms with Gasteiger partial charge in [0, 0.05) is 5.57 Å². The molecule has 0 spiro atoms. The van der Waals surface area contributed by atoms with Crippen LogP contribution in [0.5, 0.6) is 0 Å². The van der Waals surface area contributed by atoms with Crippen molar-refractivity contribution >= 4 is 66.9 Å². The molecule has 8 nitrogen and oxygen atoms in total. The van der Waals surface area contributed by atoms with Crippen LogP contribution in [0.1, 0.15) is 34.1 Å². The highest BCUT2D eigenvalue weighted by Crippen LogP contribution is 2.43. The summed E-state index contributed by atoms with van der Waals surface area (Å²) in [6.07, 6.45) is -0.506. The van der Waals surface area contributed by atoms with E-state index >= 15 is 0 Å². The van der Waals surface area contributed by atoms with Gasteiger partial charge in [0.15, 0.2) is 23.1 Å². The molecular formula is C18H18Br2O8. The number of ketones is 4. The van der Waals surface area contributed by atoms with Gasteiger partial charge in [0.1, 0.15) is 0 Å². The lowest BCUT2D eigenvalue weighted by molar-refractivity contribution is -0.161. The Morgan fingerprint density at radius 3 is 1.79 bits per heavy atom. The maximum Gasteiger partial charge on any atom is 0.332 e. The number of carbonyl (C=O) groups excluding carboxylic acids is 6. The van der Waals surface area contributed by atoms with Gasteiger partial charge in [0.25, 0.3) is 0 Å². The first-order valence-electron chi connectivity index (χ1n) is 8.21. The maximum atomic E-state index is 13.0. The smallest absolute Gasteiger partial charge is 0.332 e. The number of Topliss-reactive ketones (excluding diaryl/α,β-unsaturated/α-hetero) is 4. The standard InChI is InChI=1S/C18H18Br2O8/c1-5-27-11(23)7-10-13(19)16(25)12(14(20)15(10)24)18(8(3)21,9(4)22)17(26)28-6-2/h5-7H2,1-4H3. The van der Waals surface area contributed by atoms with Gasteiger partial charge in [-0.1, -0.05) is 0 Å². The van der Waals surface area contributed by atoms with E-state index in [1.54, 1.807) is 6.92 Å². The highest BCUT2D eigenvalue weighted by molar-refractivity contribution is 9.12. The summed E-state index contributed by atoms with van der Waals surface area (Å²) >= 11 is 5.90. The van der Waals surface area contributed by atoms with Crippen LogP contribution >= 0.6 is 31.9 Å². The van der Waals surface area contributed by atoms with Gasteiger partial charge in [-0.15, -0.1) is 0 Å². The van der Waals surface area contributed by atoms with E-state index in [4.69, 9.17) is 9.47 Å². The highest BCUT2D eigenvalue weighted by Gasteiger charge is 2.58. The van der Waals surface area contributed by atoms with Crippen LogP contribution in [-0.2, 0) is 38.2 Å². The second kappa shape index (κ2) is 9.51. The highest BCUT2D eigenvalue weighted by atomic mass is 79.9. The fraction of sp³-hybridized carbons (Fsp3) is 0.444. The van der Waals surface area contributed by atoms with Crippen LogP contribution in [0.15, 0.2) is 20.1 Å². The van der Waals surface area contributed by atoms with Crippen LogP contribution in [0.25, 0.3) is 0 Å². The molecule has 0 aromatic heterocycles. The van der Waals surface area contributed by atoms with E-state index in [0.717, 1.165) is 13.8 Å². The number of hydrogen-bond donors (Lipinski definition) is 0. The largest absolute Gasteiger partial charge is 0.466 e. The van der Waals surface area contributed by atoms with Gasteiger partial charge >= 0.3 is 11.9 Å². The Kier molecular flexibility index (Phi) is 8.18. The molecule has 0 aliphatic heterocycles.